The summed E-state index contributed by atoms with van der Waals surface area (Å²) in [6, 6.07) is 70.1. The van der Waals surface area contributed by atoms with Gasteiger partial charge in [0.25, 0.3) is 0 Å². The summed E-state index contributed by atoms with van der Waals surface area (Å²) in [5.74, 6) is 0. The Balaban J connectivity index is 0.000000166. The van der Waals surface area contributed by atoms with Crippen molar-refractivity contribution in [1.29, 1.82) is 0 Å². The van der Waals surface area contributed by atoms with Crippen molar-refractivity contribution in [2.45, 2.75) is 205 Å². The zero-order chi connectivity index (χ0) is 74.5. The highest BCUT2D eigenvalue weighted by atomic mass is 14.7. The van der Waals surface area contributed by atoms with E-state index in [2.05, 4.69) is 287 Å². The molecule has 6 aliphatic carbocycles. The van der Waals surface area contributed by atoms with Crippen LogP contribution in [-0.4, -0.2) is 15.0 Å². The van der Waals surface area contributed by atoms with Crippen LogP contribution >= 0.6 is 0 Å². The molecule has 0 saturated heterocycles. The van der Waals surface area contributed by atoms with Crippen molar-refractivity contribution < 1.29 is 0 Å². The minimum absolute atomic E-state index is 0.993. The van der Waals surface area contributed by atoms with Gasteiger partial charge in [0.05, 0.1) is 11.4 Å². The molecule has 0 fully saturated rings. The third-order valence-corrected chi connectivity index (χ3v) is 20.3. The lowest BCUT2D eigenvalue weighted by atomic mass is 9.97. The van der Waals surface area contributed by atoms with E-state index in [1.165, 1.54) is 184 Å². The fraction of sp³-hybridized carbons (Fsp3) is 0.303. The summed E-state index contributed by atoms with van der Waals surface area (Å²) in [4.78, 5) is 13.8. The Morgan fingerprint density at radius 3 is 1.05 bits per heavy atom. The Hall–Kier alpha value is -9.57. The van der Waals surface area contributed by atoms with Crippen LogP contribution in [0.2, 0.25) is 0 Å². The molecule has 6 aliphatic rings. The number of rotatable bonds is 0. The van der Waals surface area contributed by atoms with Gasteiger partial charge in [-0.15, -0.1) is 0 Å². The van der Waals surface area contributed by atoms with Gasteiger partial charge >= 0.3 is 0 Å². The Morgan fingerprint density at radius 1 is 0.225 bits per heavy atom. The lowest BCUT2D eigenvalue weighted by Gasteiger charge is -2.08. The van der Waals surface area contributed by atoms with E-state index < -0.39 is 0 Å². The van der Waals surface area contributed by atoms with Gasteiger partial charge in [-0.25, -0.2) is 0 Å². The second-order valence-corrected chi connectivity index (χ2v) is 25.8. The second-order valence-electron chi connectivity index (χ2n) is 25.8. The smallest absolute Gasteiger partial charge is 0.0743 e. The van der Waals surface area contributed by atoms with Gasteiger partial charge in [-0.1, -0.05) is 271 Å². The molecular formula is C99H117N3. The van der Waals surface area contributed by atoms with E-state index in [9.17, 15) is 0 Å². The molecule has 3 aromatic heterocycles. The summed E-state index contributed by atoms with van der Waals surface area (Å²) >= 11 is 0. The average molecular weight is 1350 g/mol. The molecule has 9 aromatic carbocycles. The van der Waals surface area contributed by atoms with Crippen molar-refractivity contribution in [2.75, 3.05) is 0 Å². The van der Waals surface area contributed by atoms with Crippen molar-refractivity contribution in [3.63, 3.8) is 0 Å². The van der Waals surface area contributed by atoms with E-state index in [0.717, 1.165) is 55.6 Å². The van der Waals surface area contributed by atoms with Gasteiger partial charge in [0.1, 0.15) is 0 Å². The first-order valence-corrected chi connectivity index (χ1v) is 38.3. The number of hydrogen-bond donors (Lipinski definition) is 0. The van der Waals surface area contributed by atoms with Crippen LogP contribution in [0.25, 0.3) is 66.9 Å². The van der Waals surface area contributed by atoms with Gasteiger partial charge < -0.3 is 0 Å². The first-order valence-electron chi connectivity index (χ1n) is 38.3. The molecular weight excluding hydrogens is 1230 g/mol. The van der Waals surface area contributed by atoms with Crippen LogP contribution in [0.3, 0.4) is 0 Å². The molecule has 3 heteroatoms. The highest BCUT2D eigenvalue weighted by Crippen LogP contribution is 2.44. The van der Waals surface area contributed by atoms with Crippen LogP contribution in [0.15, 0.2) is 200 Å². The minimum atomic E-state index is 0.993. The van der Waals surface area contributed by atoms with Crippen molar-refractivity contribution in [3.05, 3.63) is 334 Å². The summed E-state index contributed by atoms with van der Waals surface area (Å²) in [7, 11) is 0. The van der Waals surface area contributed by atoms with E-state index in [-0.39, 0.29) is 0 Å². The SMILES string of the molecule is CC.CC.CC.CC.CC.CC.Cc1cc2c(nc1C)-c1ccccc1C2.Cc1cc2c(nc1C)Cc1ccccc1-2.Cc1ccc2c(c1C)-c1ccccc1C2.Cc1ccc2c(c1C)-c1ccccc1C2.Cc1ccc2c(c1C)Cc1ccccc1-2.Cc1ncc2c(c1C)Cc1ccccc1-2. The summed E-state index contributed by atoms with van der Waals surface area (Å²) < 4.78 is 0. The molecule has 0 N–H and O–H groups in total. The van der Waals surface area contributed by atoms with Crippen LogP contribution in [-0.2, 0) is 38.5 Å². The molecule has 0 unspecified atom stereocenters. The number of aromatic nitrogens is 3. The van der Waals surface area contributed by atoms with Crippen molar-refractivity contribution in [1.82, 2.24) is 15.0 Å². The summed E-state index contributed by atoms with van der Waals surface area (Å²) in [5.41, 5.74) is 49.7. The van der Waals surface area contributed by atoms with Gasteiger partial charge in [-0.3, -0.25) is 15.0 Å². The maximum atomic E-state index is 4.69. The van der Waals surface area contributed by atoms with Crippen LogP contribution in [0.4, 0.5) is 0 Å². The van der Waals surface area contributed by atoms with Gasteiger partial charge in [-0.05, 0) is 271 Å². The van der Waals surface area contributed by atoms with E-state index >= 15 is 0 Å². The monoisotopic (exact) mass is 1350 g/mol. The highest BCUT2D eigenvalue weighted by Gasteiger charge is 2.25. The maximum Gasteiger partial charge on any atom is 0.0743 e. The fourth-order valence-electron chi connectivity index (χ4n) is 14.3. The number of nitrogens with zero attached hydrogens (tertiary/aromatic N) is 3. The molecule has 3 nitrogen and oxygen atoms in total. The third kappa shape index (κ3) is 17.3. The topological polar surface area (TPSA) is 38.7 Å². The van der Waals surface area contributed by atoms with E-state index in [0.29, 0.717) is 0 Å². The quantitative estimate of drug-likeness (QED) is 0.152. The van der Waals surface area contributed by atoms with Gasteiger partial charge in [0.2, 0.25) is 0 Å². The number of aryl methyl sites for hydroxylation is 8. The molecule has 12 aromatic rings. The molecule has 0 radical (unpaired) electrons. The van der Waals surface area contributed by atoms with Crippen molar-refractivity contribution in [2.24, 2.45) is 0 Å². The summed E-state index contributed by atoms with van der Waals surface area (Å²) in [6.45, 7) is 50.0. The molecule has 0 atom stereocenters. The molecule has 0 saturated carbocycles. The van der Waals surface area contributed by atoms with Gasteiger partial charge in [0.15, 0.2) is 0 Å². The molecule has 528 valence electrons. The number of fused-ring (bicyclic) bond motifs is 18. The van der Waals surface area contributed by atoms with Crippen molar-refractivity contribution in [3.8, 4) is 66.9 Å². The molecule has 18 rings (SSSR count). The molecule has 0 bridgehead atoms. The van der Waals surface area contributed by atoms with E-state index in [4.69, 9.17) is 4.98 Å². The van der Waals surface area contributed by atoms with Gasteiger partial charge in [0, 0.05) is 52.8 Å². The predicted octanol–water partition coefficient (Wildman–Crippen LogP) is 27.6. The molecule has 102 heavy (non-hydrogen) atoms. The number of hydrogen-bond acceptors (Lipinski definition) is 3. The first-order chi connectivity index (χ1) is 49.6. The maximum absolute atomic E-state index is 4.69. The largest absolute Gasteiger partial charge is 0.261 e. The van der Waals surface area contributed by atoms with Crippen LogP contribution in [0, 0.1) is 83.1 Å². The Bertz CT molecular complexity index is 4480. The minimum Gasteiger partial charge on any atom is -0.261 e. The van der Waals surface area contributed by atoms with Crippen molar-refractivity contribution >= 4 is 0 Å². The average Bonchev–Trinajstić information content (AvgIpc) is 1.69. The number of benzene rings is 9. The summed E-state index contributed by atoms with van der Waals surface area (Å²) in [5, 5.41) is 0. The first kappa shape index (κ1) is 79.8. The standard InChI is InChI=1S/3C15H14.3C14H13N.6C2H6/c2*1-10-7-8-13-9-12-5-3-4-6-14(12)15(13)11(10)2;1-10-7-8-14-13-6-4-3-5-12(13)9-15(14)11(10)2;1-9-10(2)15-8-14-12-6-4-3-5-11(12)7-13(9)14;1-9-7-12-8-11-5-3-4-6-13(11)14(12)15-10(9)2;1-9-7-13-12-6-4-3-5-11(12)8-14(13)15-10(9)2;6*1-2/h3*3-8H,9H2,1-2H3;3-6,8H,7H2,1-2H3;2*3-7H,8H2,1-2H3;6*1-2H3. The van der Waals surface area contributed by atoms with E-state index in [1.807, 2.05) is 89.3 Å². The zero-order valence-electron chi connectivity index (χ0n) is 66.6. The second kappa shape index (κ2) is 37.9. The Morgan fingerprint density at radius 2 is 0.569 bits per heavy atom. The molecule has 0 amide bonds. The van der Waals surface area contributed by atoms with E-state index in [1.54, 1.807) is 0 Å². The van der Waals surface area contributed by atoms with Crippen LogP contribution < -0.4 is 0 Å². The van der Waals surface area contributed by atoms with Gasteiger partial charge in [-0.2, -0.15) is 0 Å². The lowest BCUT2D eigenvalue weighted by Crippen LogP contribution is -1.93. The van der Waals surface area contributed by atoms with Crippen LogP contribution in [0.1, 0.15) is 217 Å². The summed E-state index contributed by atoms with van der Waals surface area (Å²) in [6.07, 6.45) is 8.44. The Kier molecular flexibility index (Phi) is 29.6. The fourth-order valence-corrected chi connectivity index (χ4v) is 14.3. The Labute approximate surface area is 617 Å². The molecule has 3 heterocycles. The van der Waals surface area contributed by atoms with Crippen LogP contribution in [0.5, 0.6) is 0 Å². The number of pyridine rings is 3. The zero-order valence-corrected chi connectivity index (χ0v) is 66.6. The third-order valence-electron chi connectivity index (χ3n) is 20.3. The predicted molar refractivity (Wildman–Crippen MR) is 446 cm³/mol. The normalized spacial score (nSPS) is 11.3. The molecule has 0 aliphatic heterocycles. The molecule has 0 spiro atoms. The highest BCUT2D eigenvalue weighted by molar-refractivity contribution is 5.83. The lowest BCUT2D eigenvalue weighted by molar-refractivity contribution is 1.05.